The molecular weight excluding hydrogens is 348 g/mol. The van der Waals surface area contributed by atoms with Gasteiger partial charge in [-0.3, -0.25) is 9.59 Å². The largest absolute Gasteiger partial charge is 0.458 e. The highest BCUT2D eigenvalue weighted by molar-refractivity contribution is 6.43. The van der Waals surface area contributed by atoms with Crippen molar-refractivity contribution in [1.82, 2.24) is 0 Å². The first-order chi connectivity index (χ1) is 12.5. The number of fused-ring (bicyclic) bond motifs is 9. The average molecular weight is 375 g/mol. The van der Waals surface area contributed by atoms with Gasteiger partial charge in [0.15, 0.2) is 5.78 Å². The maximum absolute atomic E-state index is 12.1. The van der Waals surface area contributed by atoms with Gasteiger partial charge in [0, 0.05) is 24.2 Å². The van der Waals surface area contributed by atoms with E-state index in [1.54, 1.807) is 0 Å². The van der Waals surface area contributed by atoms with Crippen molar-refractivity contribution in [2.24, 2.45) is 40.9 Å². The normalized spacial score (nSPS) is 54.5. The van der Waals surface area contributed by atoms with Crippen LogP contribution in [0.25, 0.3) is 0 Å². The highest BCUT2D eigenvalue weighted by atomic mass is 35.5. The number of esters is 1. The number of ether oxygens (including phenoxy) is 1. The fraction of sp³-hybridized carbons (Fsp3) is 0.818. The van der Waals surface area contributed by atoms with Crippen molar-refractivity contribution in [3.05, 3.63) is 10.6 Å². The molecule has 5 fully saturated rings. The smallest absolute Gasteiger partial charge is 0.306 e. The molecule has 0 aromatic rings. The lowest BCUT2D eigenvalue weighted by Gasteiger charge is -2.57. The monoisotopic (exact) mass is 374 g/mol. The van der Waals surface area contributed by atoms with Gasteiger partial charge in [-0.05, 0) is 80.1 Å². The van der Waals surface area contributed by atoms with Crippen LogP contribution in [0.1, 0.15) is 64.7 Å². The summed E-state index contributed by atoms with van der Waals surface area (Å²) in [7, 11) is 0. The Hall–Kier alpha value is -0.830. The van der Waals surface area contributed by atoms with Gasteiger partial charge in [0.05, 0.1) is 5.03 Å². The fourth-order valence-electron chi connectivity index (χ4n) is 8.59. The van der Waals surface area contributed by atoms with E-state index in [1.807, 2.05) is 0 Å². The van der Waals surface area contributed by atoms with Crippen molar-refractivity contribution in [2.75, 3.05) is 0 Å². The van der Waals surface area contributed by atoms with Crippen LogP contribution in [0.15, 0.2) is 10.6 Å². The van der Waals surface area contributed by atoms with Gasteiger partial charge in [-0.15, -0.1) is 0 Å². The summed E-state index contributed by atoms with van der Waals surface area (Å²) in [4.78, 5) is 24.1. The Labute approximate surface area is 159 Å². The summed E-state index contributed by atoms with van der Waals surface area (Å²) in [6, 6.07) is 0. The summed E-state index contributed by atoms with van der Waals surface area (Å²) in [5.41, 5.74) is 1.30. The van der Waals surface area contributed by atoms with Gasteiger partial charge in [-0.1, -0.05) is 18.5 Å². The van der Waals surface area contributed by atoms with E-state index in [1.165, 1.54) is 31.3 Å². The minimum Gasteiger partial charge on any atom is -0.458 e. The number of rotatable bonds is 0. The molecule has 1 aliphatic heterocycles. The fourth-order valence-corrected chi connectivity index (χ4v) is 8.92. The number of carbonyl (C=O) groups excluding carboxylic acids is 2. The van der Waals surface area contributed by atoms with Crippen molar-refractivity contribution in [2.45, 2.75) is 70.3 Å². The molecule has 26 heavy (non-hydrogen) atoms. The zero-order chi connectivity index (χ0) is 17.8. The van der Waals surface area contributed by atoms with Crippen molar-refractivity contribution in [3.63, 3.8) is 0 Å². The zero-order valence-electron chi connectivity index (χ0n) is 15.4. The summed E-state index contributed by atoms with van der Waals surface area (Å²) >= 11 is 6.43. The maximum Gasteiger partial charge on any atom is 0.306 e. The number of allylic oxidation sites excluding steroid dienone is 1. The van der Waals surface area contributed by atoms with Crippen LogP contribution in [0, 0.1) is 40.9 Å². The van der Waals surface area contributed by atoms with E-state index in [2.05, 4.69) is 6.92 Å². The van der Waals surface area contributed by atoms with Gasteiger partial charge < -0.3 is 4.74 Å². The molecule has 140 valence electrons. The molecule has 3 nitrogen and oxygen atoms in total. The Bertz CT molecular complexity index is 756. The molecular formula is C22H27ClO3. The highest BCUT2D eigenvalue weighted by Crippen LogP contribution is 2.78. The number of carbonyl (C=O) groups is 2. The highest BCUT2D eigenvalue weighted by Gasteiger charge is 2.78. The SMILES string of the molecule is C[C@]12CCC3C4CCC(=O)C(Cl)=C4CCC3C1C1CC1[C@@]21CCC(=O)O1. The van der Waals surface area contributed by atoms with Crippen LogP contribution < -0.4 is 0 Å². The van der Waals surface area contributed by atoms with Crippen molar-refractivity contribution in [1.29, 1.82) is 0 Å². The van der Waals surface area contributed by atoms with Crippen LogP contribution in [-0.4, -0.2) is 17.4 Å². The van der Waals surface area contributed by atoms with Crippen LogP contribution in [-0.2, 0) is 14.3 Å². The van der Waals surface area contributed by atoms with Gasteiger partial charge in [-0.2, -0.15) is 0 Å². The Morgan fingerprint density at radius 1 is 1.00 bits per heavy atom. The molecule has 1 heterocycles. The Balaban J connectivity index is 1.38. The van der Waals surface area contributed by atoms with Gasteiger partial charge in [0.2, 0.25) is 0 Å². The minimum absolute atomic E-state index is 0.0334. The number of Topliss-reactive ketones (excluding diaryl/α,β-unsaturated/α-hetero) is 1. The predicted molar refractivity (Wildman–Crippen MR) is 97.3 cm³/mol. The Kier molecular flexibility index (Phi) is 3.08. The molecule has 5 aliphatic carbocycles. The maximum atomic E-state index is 12.1. The second kappa shape index (κ2) is 4.96. The lowest BCUT2D eigenvalue weighted by molar-refractivity contribution is -0.174. The predicted octanol–water partition coefficient (Wildman–Crippen LogP) is 4.63. The molecule has 0 radical (unpaired) electrons. The molecule has 4 heteroatoms. The summed E-state index contributed by atoms with van der Waals surface area (Å²) in [5, 5.41) is 0.574. The first-order valence-electron chi connectivity index (χ1n) is 10.6. The summed E-state index contributed by atoms with van der Waals surface area (Å²) in [5.74, 6) is 4.24. The summed E-state index contributed by atoms with van der Waals surface area (Å²) in [6.45, 7) is 2.45. The molecule has 6 aliphatic rings. The molecule has 6 rings (SSSR count). The number of halogens is 1. The van der Waals surface area contributed by atoms with Gasteiger partial charge in [-0.25, -0.2) is 0 Å². The van der Waals surface area contributed by atoms with Crippen LogP contribution in [0.2, 0.25) is 0 Å². The summed E-state index contributed by atoms with van der Waals surface area (Å²) < 4.78 is 6.14. The van der Waals surface area contributed by atoms with Crippen LogP contribution >= 0.6 is 11.6 Å². The third kappa shape index (κ3) is 1.73. The zero-order valence-corrected chi connectivity index (χ0v) is 16.2. The first kappa shape index (κ1) is 16.2. The van der Waals surface area contributed by atoms with Gasteiger partial charge in [0.25, 0.3) is 0 Å². The van der Waals surface area contributed by atoms with Gasteiger partial charge >= 0.3 is 5.97 Å². The van der Waals surface area contributed by atoms with E-state index < -0.39 is 0 Å². The van der Waals surface area contributed by atoms with E-state index in [4.69, 9.17) is 16.3 Å². The molecule has 4 saturated carbocycles. The van der Waals surface area contributed by atoms with E-state index in [0.29, 0.717) is 41.5 Å². The molecule has 0 aromatic heterocycles. The van der Waals surface area contributed by atoms with Gasteiger partial charge in [0.1, 0.15) is 5.60 Å². The average Bonchev–Trinajstić information content (AvgIpc) is 3.26. The minimum atomic E-state index is -0.152. The second-order valence-corrected chi connectivity index (χ2v) is 10.5. The van der Waals surface area contributed by atoms with Crippen molar-refractivity contribution in [3.8, 4) is 0 Å². The van der Waals surface area contributed by atoms with E-state index in [9.17, 15) is 9.59 Å². The van der Waals surface area contributed by atoms with Crippen LogP contribution in [0.5, 0.6) is 0 Å². The topological polar surface area (TPSA) is 43.4 Å². The Morgan fingerprint density at radius 3 is 2.62 bits per heavy atom. The molecule has 0 bridgehead atoms. The summed E-state index contributed by atoms with van der Waals surface area (Å²) in [6.07, 6.45) is 9.04. The van der Waals surface area contributed by atoms with E-state index in [0.717, 1.165) is 31.1 Å². The molecule has 1 saturated heterocycles. The Morgan fingerprint density at radius 2 is 1.85 bits per heavy atom. The molecule has 8 atom stereocenters. The lowest BCUT2D eigenvalue weighted by atomic mass is 9.49. The van der Waals surface area contributed by atoms with E-state index >= 15 is 0 Å². The number of ketones is 1. The third-order valence-corrected chi connectivity index (χ3v) is 9.98. The molecule has 0 N–H and O–H groups in total. The van der Waals surface area contributed by atoms with Crippen LogP contribution in [0.3, 0.4) is 0 Å². The van der Waals surface area contributed by atoms with Crippen molar-refractivity contribution < 1.29 is 14.3 Å². The molecule has 6 unspecified atom stereocenters. The molecule has 1 spiro atoms. The standard InChI is InChI=1S/C22H27ClO3/c1-21-8-6-12-11-4-5-17(24)20(23)14(11)3-2-13(12)19(21)15-10-16(15)22(21)9-7-18(25)26-22/h11-13,15-16,19H,2-10H2,1H3/t11?,12?,13?,15?,16?,19?,21-,22-/m0/s1. The molecule has 0 aromatic carbocycles. The number of hydrogen-bond acceptors (Lipinski definition) is 3. The van der Waals surface area contributed by atoms with Crippen LogP contribution in [0.4, 0.5) is 0 Å². The lowest BCUT2D eigenvalue weighted by Crippen LogP contribution is -2.55. The quantitative estimate of drug-likeness (QED) is 0.581. The number of hydrogen-bond donors (Lipinski definition) is 0. The first-order valence-corrected chi connectivity index (χ1v) is 11.0. The van der Waals surface area contributed by atoms with Crippen molar-refractivity contribution >= 4 is 23.4 Å². The van der Waals surface area contributed by atoms with E-state index in [-0.39, 0.29) is 22.8 Å². The molecule has 0 amide bonds. The third-order valence-electron chi connectivity index (χ3n) is 9.53. The second-order valence-electron chi connectivity index (χ2n) is 10.1.